The van der Waals surface area contributed by atoms with Gasteiger partial charge in [0.25, 0.3) is 0 Å². The van der Waals surface area contributed by atoms with Crippen LogP contribution in [0.4, 0.5) is 0 Å². The molecular weight excluding hydrogens is 439 g/mol. The normalized spacial score (nSPS) is 12.3. The average Bonchev–Trinajstić information content (AvgIpc) is 2.54. The summed E-state index contributed by atoms with van der Waals surface area (Å²) >= 11 is 0. The molecule has 1 amide bonds. The van der Waals surface area contributed by atoms with Crippen molar-refractivity contribution in [2.24, 2.45) is 10.9 Å². The predicted molar refractivity (Wildman–Crippen MR) is 121 cm³/mol. The van der Waals surface area contributed by atoms with Crippen molar-refractivity contribution >= 4 is 35.8 Å². The molecule has 1 unspecified atom stereocenters. The molecule has 0 bridgehead atoms. The molecule has 6 heteroatoms. The van der Waals surface area contributed by atoms with E-state index in [1.807, 2.05) is 6.92 Å². The van der Waals surface area contributed by atoms with Gasteiger partial charge in [0.2, 0.25) is 5.91 Å². The fraction of sp³-hybridized carbons (Fsp3) is 0.600. The molecule has 1 aromatic rings. The Balaban J connectivity index is 0.00000625. The molecule has 0 aliphatic heterocycles. The molecule has 5 nitrogen and oxygen atoms in total. The molecule has 148 valence electrons. The second-order valence-corrected chi connectivity index (χ2v) is 7.00. The fourth-order valence-corrected chi connectivity index (χ4v) is 2.51. The van der Waals surface area contributed by atoms with E-state index in [1.54, 1.807) is 19.0 Å². The van der Waals surface area contributed by atoms with Gasteiger partial charge in [-0.15, -0.1) is 24.0 Å². The molecule has 0 radical (unpaired) electrons. The van der Waals surface area contributed by atoms with Crippen LogP contribution in [-0.2, 0) is 11.2 Å². The van der Waals surface area contributed by atoms with Crippen LogP contribution in [0, 0.1) is 5.92 Å². The van der Waals surface area contributed by atoms with Gasteiger partial charge in [0, 0.05) is 27.1 Å². The summed E-state index contributed by atoms with van der Waals surface area (Å²) < 4.78 is 0. The van der Waals surface area contributed by atoms with Crippen LogP contribution in [0.5, 0.6) is 0 Å². The number of hydrogen-bond donors (Lipinski definition) is 2. The number of hydrogen-bond acceptors (Lipinski definition) is 2. The van der Waals surface area contributed by atoms with Crippen LogP contribution >= 0.6 is 24.0 Å². The van der Waals surface area contributed by atoms with Crippen molar-refractivity contribution in [3.05, 3.63) is 35.4 Å². The number of halogens is 1. The van der Waals surface area contributed by atoms with E-state index in [-0.39, 0.29) is 35.9 Å². The minimum atomic E-state index is 0. The predicted octanol–water partition coefficient (Wildman–Crippen LogP) is 3.60. The van der Waals surface area contributed by atoms with Crippen molar-refractivity contribution < 1.29 is 4.79 Å². The lowest BCUT2D eigenvalue weighted by Crippen LogP contribution is -2.39. The molecule has 0 saturated heterocycles. The molecule has 26 heavy (non-hydrogen) atoms. The summed E-state index contributed by atoms with van der Waals surface area (Å²) in [6.07, 6.45) is 1.52. The molecular formula is C20H35IN4O. The van der Waals surface area contributed by atoms with E-state index in [0.29, 0.717) is 18.9 Å². The summed E-state index contributed by atoms with van der Waals surface area (Å²) in [7, 11) is 3.53. The van der Waals surface area contributed by atoms with Crippen molar-refractivity contribution in [3.63, 3.8) is 0 Å². The Morgan fingerprint density at radius 3 is 2.27 bits per heavy atom. The first-order valence-corrected chi connectivity index (χ1v) is 9.17. The van der Waals surface area contributed by atoms with Crippen LogP contribution in [0.3, 0.4) is 0 Å². The number of carbonyl (C=O) groups excluding carboxylic acids is 1. The van der Waals surface area contributed by atoms with Gasteiger partial charge in [-0.05, 0) is 37.3 Å². The summed E-state index contributed by atoms with van der Waals surface area (Å²) in [6.45, 7) is 9.89. The number of benzene rings is 1. The Kier molecular flexibility index (Phi) is 12.3. The van der Waals surface area contributed by atoms with Gasteiger partial charge < -0.3 is 15.5 Å². The highest BCUT2D eigenvalue weighted by Gasteiger charge is 2.09. The monoisotopic (exact) mass is 474 g/mol. The first-order chi connectivity index (χ1) is 11.8. The van der Waals surface area contributed by atoms with Crippen LogP contribution in [0.25, 0.3) is 0 Å². The number of aliphatic imine (C=N–C) groups is 1. The first kappa shape index (κ1) is 24.7. The molecule has 1 aromatic carbocycles. The van der Waals surface area contributed by atoms with Crippen LogP contribution in [0.2, 0.25) is 0 Å². The first-order valence-electron chi connectivity index (χ1n) is 9.17. The molecule has 1 atom stereocenters. The Bertz CT molecular complexity index is 555. The smallest absolute Gasteiger partial charge is 0.223 e. The van der Waals surface area contributed by atoms with Gasteiger partial charge in [-0.25, -0.2) is 0 Å². The summed E-state index contributed by atoms with van der Waals surface area (Å²) in [4.78, 5) is 17.7. The van der Waals surface area contributed by atoms with Gasteiger partial charge in [0.05, 0.1) is 12.6 Å². The minimum absolute atomic E-state index is 0. The molecule has 0 aromatic heterocycles. The van der Waals surface area contributed by atoms with Crippen LogP contribution in [0.1, 0.15) is 51.3 Å². The van der Waals surface area contributed by atoms with Gasteiger partial charge in [-0.3, -0.25) is 9.79 Å². The molecule has 0 aliphatic rings. The van der Waals surface area contributed by atoms with Crippen LogP contribution in [-0.4, -0.2) is 44.0 Å². The Morgan fingerprint density at radius 1 is 1.15 bits per heavy atom. The second kappa shape index (κ2) is 12.9. The maximum Gasteiger partial charge on any atom is 0.223 e. The molecule has 0 aliphatic carbocycles. The van der Waals surface area contributed by atoms with E-state index < -0.39 is 0 Å². The van der Waals surface area contributed by atoms with Crippen molar-refractivity contribution in [2.75, 3.05) is 27.2 Å². The third-order valence-corrected chi connectivity index (χ3v) is 3.92. The number of rotatable bonds is 8. The zero-order valence-electron chi connectivity index (χ0n) is 17.0. The van der Waals surface area contributed by atoms with E-state index in [9.17, 15) is 4.79 Å². The summed E-state index contributed by atoms with van der Waals surface area (Å²) in [5.41, 5.74) is 2.59. The Labute approximate surface area is 176 Å². The average molecular weight is 474 g/mol. The van der Waals surface area contributed by atoms with Gasteiger partial charge in [0.15, 0.2) is 5.96 Å². The minimum Gasteiger partial charge on any atom is -0.357 e. The van der Waals surface area contributed by atoms with Gasteiger partial charge in [0.1, 0.15) is 0 Å². The number of guanidine groups is 1. The van der Waals surface area contributed by atoms with Gasteiger partial charge >= 0.3 is 0 Å². The molecule has 0 saturated carbocycles. The zero-order chi connectivity index (χ0) is 18.8. The van der Waals surface area contributed by atoms with Crippen molar-refractivity contribution in [2.45, 2.75) is 46.6 Å². The lowest BCUT2D eigenvalue weighted by Gasteiger charge is -2.19. The highest BCUT2D eigenvalue weighted by atomic mass is 127. The third kappa shape index (κ3) is 9.40. The summed E-state index contributed by atoms with van der Waals surface area (Å²) in [5.74, 6) is 1.50. The summed E-state index contributed by atoms with van der Waals surface area (Å²) in [5, 5.41) is 6.65. The number of nitrogens with one attached hydrogen (secondary N) is 2. The molecule has 1 rings (SSSR count). The highest BCUT2D eigenvalue weighted by Crippen LogP contribution is 2.15. The lowest BCUT2D eigenvalue weighted by molar-refractivity contribution is -0.128. The largest absolute Gasteiger partial charge is 0.357 e. The van der Waals surface area contributed by atoms with Crippen molar-refractivity contribution in [1.82, 2.24) is 15.5 Å². The SMILES string of the molecule is CCNC(=NCCC(=O)N(C)C)NC(C)c1ccc(CC(C)C)cc1.I. The van der Waals surface area contributed by atoms with Crippen LogP contribution in [0.15, 0.2) is 29.3 Å². The molecule has 0 spiro atoms. The highest BCUT2D eigenvalue weighted by molar-refractivity contribution is 14.0. The standard InChI is InChI=1S/C20H34N4O.HI/c1-7-21-20(22-13-12-19(25)24(5)6)23-16(4)18-10-8-17(9-11-18)14-15(2)3;/h8-11,15-16H,7,12-14H2,1-6H3,(H2,21,22,23);1H. The Morgan fingerprint density at radius 2 is 1.77 bits per heavy atom. The molecule has 2 N–H and O–H groups in total. The quantitative estimate of drug-likeness (QED) is 0.344. The topological polar surface area (TPSA) is 56.7 Å². The second-order valence-electron chi connectivity index (χ2n) is 7.00. The van der Waals surface area contributed by atoms with E-state index in [0.717, 1.165) is 18.9 Å². The van der Waals surface area contributed by atoms with E-state index in [1.165, 1.54) is 11.1 Å². The van der Waals surface area contributed by atoms with E-state index >= 15 is 0 Å². The van der Waals surface area contributed by atoms with Crippen LogP contribution < -0.4 is 10.6 Å². The number of carbonyl (C=O) groups is 1. The molecule has 0 fully saturated rings. The zero-order valence-corrected chi connectivity index (χ0v) is 19.3. The maximum absolute atomic E-state index is 11.6. The van der Waals surface area contributed by atoms with E-state index in [4.69, 9.17) is 0 Å². The van der Waals surface area contributed by atoms with Gasteiger partial charge in [-0.2, -0.15) is 0 Å². The van der Waals surface area contributed by atoms with E-state index in [2.05, 4.69) is 60.7 Å². The van der Waals surface area contributed by atoms with Crippen molar-refractivity contribution in [1.29, 1.82) is 0 Å². The van der Waals surface area contributed by atoms with Gasteiger partial charge in [-0.1, -0.05) is 38.1 Å². The van der Waals surface area contributed by atoms with Crippen molar-refractivity contribution in [3.8, 4) is 0 Å². The number of amides is 1. The molecule has 0 heterocycles. The fourth-order valence-electron chi connectivity index (χ4n) is 2.51. The lowest BCUT2D eigenvalue weighted by atomic mass is 10.00. The number of nitrogens with zero attached hydrogens (tertiary/aromatic N) is 2. The summed E-state index contributed by atoms with van der Waals surface area (Å²) in [6, 6.07) is 8.90. The maximum atomic E-state index is 11.6. The third-order valence-electron chi connectivity index (χ3n) is 3.92. The Hall–Kier alpha value is -1.31.